The van der Waals surface area contributed by atoms with Crippen molar-refractivity contribution in [3.8, 4) is 0 Å². The van der Waals surface area contributed by atoms with Crippen LogP contribution in [-0.4, -0.2) is 12.6 Å². The third kappa shape index (κ3) is 6.13. The number of carbonyl (C=O) groups is 1. The van der Waals surface area contributed by atoms with E-state index in [2.05, 4.69) is 9.05 Å². The molecule has 0 fully saturated rings. The fourth-order valence-corrected chi connectivity index (χ4v) is 1.13. The summed E-state index contributed by atoms with van der Waals surface area (Å²) < 4.78 is 19.8. The summed E-state index contributed by atoms with van der Waals surface area (Å²) in [7, 11) is -2.62. The van der Waals surface area contributed by atoms with Gasteiger partial charge in [-0.2, -0.15) is 0 Å². The van der Waals surface area contributed by atoms with Crippen molar-refractivity contribution in [3.05, 3.63) is 12.2 Å². The van der Waals surface area contributed by atoms with E-state index in [1.807, 2.05) is 6.92 Å². The Kier molecular flexibility index (Phi) is 6.72. The summed E-state index contributed by atoms with van der Waals surface area (Å²) in [5.74, 6) is -0.627. The minimum absolute atomic E-state index is 0.348. The van der Waals surface area contributed by atoms with E-state index in [4.69, 9.17) is 0 Å². The Bertz CT molecular complexity index is 188. The fraction of sp³-hybridized carbons (Fsp3) is 0.571. The van der Waals surface area contributed by atoms with Crippen LogP contribution in [0.3, 0.4) is 0 Å². The zero-order valence-corrected chi connectivity index (χ0v) is 8.20. The third-order valence-corrected chi connectivity index (χ3v) is 1.72. The van der Waals surface area contributed by atoms with Crippen molar-refractivity contribution in [1.29, 1.82) is 0 Å². The van der Waals surface area contributed by atoms with Gasteiger partial charge < -0.3 is 9.05 Å². The van der Waals surface area contributed by atoms with E-state index < -0.39 is 14.2 Å². The van der Waals surface area contributed by atoms with Gasteiger partial charge in [0.15, 0.2) is 0 Å². The molecule has 0 aliphatic heterocycles. The molecule has 1 atom stereocenters. The van der Waals surface area contributed by atoms with E-state index in [1.54, 1.807) is 6.92 Å². The van der Waals surface area contributed by atoms with Crippen LogP contribution < -0.4 is 0 Å². The molecular formula is C7H13O4P. The molecule has 0 aliphatic rings. The van der Waals surface area contributed by atoms with Crippen molar-refractivity contribution in [2.45, 2.75) is 20.3 Å². The van der Waals surface area contributed by atoms with Gasteiger partial charge in [0.2, 0.25) is 0 Å². The van der Waals surface area contributed by atoms with Gasteiger partial charge in [0.05, 0.1) is 6.61 Å². The predicted molar refractivity (Wildman–Crippen MR) is 46.2 cm³/mol. The summed E-state index contributed by atoms with van der Waals surface area (Å²) in [6, 6.07) is 0. The highest BCUT2D eigenvalue weighted by Crippen LogP contribution is 2.23. The van der Waals surface area contributed by atoms with Gasteiger partial charge in [-0.05, 0) is 13.3 Å². The second kappa shape index (κ2) is 7.07. The van der Waals surface area contributed by atoms with Gasteiger partial charge in [-0.15, -0.1) is 0 Å². The lowest BCUT2D eigenvalue weighted by atomic mass is 10.5. The molecule has 1 unspecified atom stereocenters. The zero-order valence-electron chi connectivity index (χ0n) is 7.20. The molecule has 0 radical (unpaired) electrons. The van der Waals surface area contributed by atoms with Crippen LogP contribution in [0.15, 0.2) is 12.2 Å². The molecule has 4 nitrogen and oxygen atoms in total. The van der Waals surface area contributed by atoms with Crippen LogP contribution in [0.25, 0.3) is 0 Å². The largest absolute Gasteiger partial charge is 0.390 e. The molecule has 0 amide bonds. The van der Waals surface area contributed by atoms with Gasteiger partial charge in [-0.3, -0.25) is 0 Å². The molecule has 12 heavy (non-hydrogen) atoms. The van der Waals surface area contributed by atoms with Crippen LogP contribution in [0.2, 0.25) is 0 Å². The first-order valence-corrected chi connectivity index (χ1v) is 4.94. The summed E-state index contributed by atoms with van der Waals surface area (Å²) in [6.07, 6.45) is 3.45. The van der Waals surface area contributed by atoms with E-state index in [0.717, 1.165) is 6.42 Å². The topological polar surface area (TPSA) is 52.6 Å². The van der Waals surface area contributed by atoms with Crippen molar-refractivity contribution in [3.63, 3.8) is 0 Å². The van der Waals surface area contributed by atoms with E-state index in [9.17, 15) is 9.36 Å². The minimum atomic E-state index is -2.62. The Balaban J connectivity index is 3.62. The van der Waals surface area contributed by atoms with E-state index >= 15 is 0 Å². The Morgan fingerprint density at radius 3 is 2.75 bits per heavy atom. The van der Waals surface area contributed by atoms with E-state index in [1.165, 1.54) is 12.2 Å². The fourth-order valence-electron chi connectivity index (χ4n) is 0.467. The number of carbonyl (C=O) groups excluding carboxylic acids is 1. The van der Waals surface area contributed by atoms with Gasteiger partial charge in [-0.25, -0.2) is 9.36 Å². The molecule has 0 N–H and O–H groups in total. The first kappa shape index (κ1) is 11.4. The first-order valence-electron chi connectivity index (χ1n) is 3.72. The van der Waals surface area contributed by atoms with Crippen molar-refractivity contribution < 1.29 is 18.4 Å². The van der Waals surface area contributed by atoms with E-state index in [-0.39, 0.29) is 0 Å². The van der Waals surface area contributed by atoms with Crippen LogP contribution in [0, 0.1) is 0 Å². The monoisotopic (exact) mass is 192 g/mol. The molecule has 0 heterocycles. The van der Waals surface area contributed by atoms with Crippen molar-refractivity contribution >= 4 is 14.2 Å². The number of allylic oxidation sites excluding steroid dienone is 1. The first-order chi connectivity index (χ1) is 5.70. The predicted octanol–water partition coefficient (Wildman–Crippen LogP) is 1.92. The molecule has 70 valence electrons. The van der Waals surface area contributed by atoms with Gasteiger partial charge in [0.25, 0.3) is 0 Å². The maximum atomic E-state index is 10.8. The maximum Gasteiger partial charge on any atom is 0.370 e. The Morgan fingerprint density at radius 2 is 2.25 bits per heavy atom. The number of hydrogen-bond donors (Lipinski definition) is 0. The highest BCUT2D eigenvalue weighted by atomic mass is 31.1. The van der Waals surface area contributed by atoms with Crippen molar-refractivity contribution in [2.75, 3.05) is 6.61 Å². The van der Waals surface area contributed by atoms with Crippen LogP contribution in [0.5, 0.6) is 0 Å². The summed E-state index contributed by atoms with van der Waals surface area (Å²) in [6.45, 7) is 3.90. The van der Waals surface area contributed by atoms with Gasteiger partial charge in [0, 0.05) is 6.08 Å². The molecule has 0 aromatic carbocycles. The average Bonchev–Trinajstić information content (AvgIpc) is 2.01. The lowest BCUT2D eigenvalue weighted by Gasteiger charge is -2.01. The Hall–Kier alpha value is -0.600. The molecule has 0 rings (SSSR count). The summed E-state index contributed by atoms with van der Waals surface area (Å²) in [5.41, 5.74) is 0. The molecule has 0 aliphatic carbocycles. The van der Waals surface area contributed by atoms with Crippen LogP contribution >= 0.6 is 8.25 Å². The summed E-state index contributed by atoms with van der Waals surface area (Å²) in [4.78, 5) is 10.7. The summed E-state index contributed by atoms with van der Waals surface area (Å²) in [5, 5.41) is 0. The number of rotatable bonds is 5. The Labute approximate surface area is 72.5 Å². The zero-order chi connectivity index (χ0) is 9.40. The van der Waals surface area contributed by atoms with Gasteiger partial charge in [0.1, 0.15) is 0 Å². The van der Waals surface area contributed by atoms with Crippen LogP contribution in [0.4, 0.5) is 0 Å². The quantitative estimate of drug-likeness (QED) is 0.493. The highest BCUT2D eigenvalue weighted by molar-refractivity contribution is 7.34. The molecule has 0 aromatic heterocycles. The summed E-state index contributed by atoms with van der Waals surface area (Å²) >= 11 is 0. The SMILES string of the molecule is CC=CC(=O)O[PH](=O)OCCC. The van der Waals surface area contributed by atoms with E-state index in [0.29, 0.717) is 6.61 Å². The van der Waals surface area contributed by atoms with Gasteiger partial charge in [-0.1, -0.05) is 13.0 Å². The molecule has 0 bridgehead atoms. The molecule has 0 spiro atoms. The lowest BCUT2D eigenvalue weighted by molar-refractivity contribution is -0.129. The lowest BCUT2D eigenvalue weighted by Crippen LogP contribution is -1.94. The molecule has 0 aromatic rings. The molecular weight excluding hydrogens is 179 g/mol. The average molecular weight is 192 g/mol. The standard InChI is InChI=1S/C7H13O4P/c1-3-5-7(8)11-12(9)10-6-4-2/h3,5,12H,4,6H2,1-2H3. The minimum Gasteiger partial charge on any atom is -0.390 e. The normalized spacial score (nSPS) is 13.2. The highest BCUT2D eigenvalue weighted by Gasteiger charge is 2.03. The van der Waals surface area contributed by atoms with Crippen LogP contribution in [0.1, 0.15) is 20.3 Å². The van der Waals surface area contributed by atoms with Crippen molar-refractivity contribution in [2.24, 2.45) is 0 Å². The Morgan fingerprint density at radius 1 is 1.58 bits per heavy atom. The van der Waals surface area contributed by atoms with Crippen molar-refractivity contribution in [1.82, 2.24) is 0 Å². The molecule has 0 saturated carbocycles. The van der Waals surface area contributed by atoms with Crippen LogP contribution in [-0.2, 0) is 18.4 Å². The second-order valence-corrected chi connectivity index (χ2v) is 3.01. The second-order valence-electron chi connectivity index (χ2n) is 2.02. The smallest absolute Gasteiger partial charge is 0.370 e. The molecule has 5 heteroatoms. The number of hydrogen-bond acceptors (Lipinski definition) is 4. The third-order valence-electron chi connectivity index (χ3n) is 0.911. The molecule has 0 saturated heterocycles. The maximum absolute atomic E-state index is 10.8. The van der Waals surface area contributed by atoms with Gasteiger partial charge >= 0.3 is 14.2 Å².